The lowest BCUT2D eigenvalue weighted by atomic mass is 9.98. The molecule has 0 saturated carbocycles. The quantitative estimate of drug-likeness (QED) is 0.635. The van der Waals surface area contributed by atoms with Crippen LogP contribution in [0.5, 0.6) is 17.2 Å². The Kier molecular flexibility index (Phi) is 6.02. The Hall–Kier alpha value is -3.61. The van der Waals surface area contributed by atoms with Gasteiger partial charge < -0.3 is 29.0 Å². The molecule has 1 aliphatic heterocycles. The van der Waals surface area contributed by atoms with Gasteiger partial charge in [0.15, 0.2) is 0 Å². The topological polar surface area (TPSA) is 65.0 Å². The number of fused-ring (bicyclic) bond motifs is 1. The number of aromatic nitrogens is 1. The summed E-state index contributed by atoms with van der Waals surface area (Å²) in [5.41, 5.74) is 2.62. The van der Waals surface area contributed by atoms with E-state index in [1.165, 1.54) is 0 Å². The highest BCUT2D eigenvalue weighted by molar-refractivity contribution is 5.90. The maximum absolute atomic E-state index is 13.3. The highest BCUT2D eigenvalue weighted by Gasteiger charge is 2.34. The predicted molar refractivity (Wildman–Crippen MR) is 119 cm³/mol. The molecule has 0 fully saturated rings. The fourth-order valence-electron chi connectivity index (χ4n) is 3.98. The van der Waals surface area contributed by atoms with E-state index >= 15 is 0 Å². The van der Waals surface area contributed by atoms with Gasteiger partial charge >= 0.3 is 6.03 Å². The number of hydrogen-bond acceptors (Lipinski definition) is 4. The van der Waals surface area contributed by atoms with Crippen molar-refractivity contribution in [1.29, 1.82) is 0 Å². The molecule has 7 heteroatoms. The van der Waals surface area contributed by atoms with Gasteiger partial charge in [-0.2, -0.15) is 0 Å². The van der Waals surface area contributed by atoms with E-state index in [0.717, 1.165) is 23.6 Å². The lowest BCUT2D eigenvalue weighted by Crippen LogP contribution is -2.44. The van der Waals surface area contributed by atoms with Crippen molar-refractivity contribution in [3.8, 4) is 17.2 Å². The molecule has 0 radical (unpaired) electrons. The summed E-state index contributed by atoms with van der Waals surface area (Å²) in [6, 6.07) is 16.6. The van der Waals surface area contributed by atoms with E-state index in [1.807, 2.05) is 72.6 Å². The van der Waals surface area contributed by atoms with E-state index in [9.17, 15) is 4.79 Å². The van der Waals surface area contributed by atoms with Crippen LogP contribution in [0.2, 0.25) is 0 Å². The van der Waals surface area contributed by atoms with Crippen molar-refractivity contribution in [2.75, 3.05) is 32.7 Å². The van der Waals surface area contributed by atoms with Gasteiger partial charge in [-0.05, 0) is 61.5 Å². The number of amides is 2. The van der Waals surface area contributed by atoms with Gasteiger partial charge in [0.05, 0.1) is 20.8 Å². The zero-order chi connectivity index (χ0) is 21.8. The highest BCUT2D eigenvalue weighted by Crippen LogP contribution is 2.39. The van der Waals surface area contributed by atoms with Crippen LogP contribution < -0.4 is 19.5 Å². The molecule has 1 N–H and O–H groups in total. The predicted octanol–water partition coefficient (Wildman–Crippen LogP) is 4.54. The summed E-state index contributed by atoms with van der Waals surface area (Å²) in [6.07, 6.45) is 2.04. The minimum Gasteiger partial charge on any atom is -0.497 e. The second kappa shape index (κ2) is 9.04. The van der Waals surface area contributed by atoms with Gasteiger partial charge in [-0.1, -0.05) is 0 Å². The third kappa shape index (κ3) is 4.17. The Labute approximate surface area is 182 Å². The number of carbonyl (C=O) groups excluding carboxylic acids is 1. The van der Waals surface area contributed by atoms with Crippen molar-refractivity contribution >= 4 is 11.7 Å². The molecule has 4 rings (SSSR count). The Morgan fingerprint density at radius 2 is 1.81 bits per heavy atom. The molecule has 3 aromatic rings. The number of hydrogen-bond donors (Lipinski definition) is 1. The average molecular weight is 421 g/mol. The number of nitrogens with one attached hydrogen (secondary N) is 1. The summed E-state index contributed by atoms with van der Waals surface area (Å²) in [5, 5.41) is 3.02. The monoisotopic (exact) mass is 421 g/mol. The van der Waals surface area contributed by atoms with Crippen LogP contribution in [0.4, 0.5) is 10.5 Å². The Morgan fingerprint density at radius 3 is 2.52 bits per heavy atom. The molecule has 162 valence electrons. The number of nitrogens with zero attached hydrogens (tertiary/aromatic N) is 2. The Morgan fingerprint density at radius 1 is 1.03 bits per heavy atom. The summed E-state index contributed by atoms with van der Waals surface area (Å²) in [5.74, 6) is 2.20. The van der Waals surface area contributed by atoms with Crippen molar-refractivity contribution in [3.05, 3.63) is 72.1 Å². The summed E-state index contributed by atoms with van der Waals surface area (Å²) < 4.78 is 18.7. The van der Waals surface area contributed by atoms with Crippen LogP contribution in [0.15, 0.2) is 60.8 Å². The summed E-state index contributed by atoms with van der Waals surface area (Å²) >= 11 is 0. The third-order valence-electron chi connectivity index (χ3n) is 5.45. The fourth-order valence-corrected chi connectivity index (χ4v) is 3.98. The van der Waals surface area contributed by atoms with Gasteiger partial charge in [-0.3, -0.25) is 0 Å². The molecule has 0 saturated heterocycles. The van der Waals surface area contributed by atoms with Gasteiger partial charge in [-0.25, -0.2) is 4.79 Å². The Bertz CT molecular complexity index is 1050. The smallest absolute Gasteiger partial charge is 0.322 e. The maximum atomic E-state index is 13.3. The van der Waals surface area contributed by atoms with Gasteiger partial charge in [0.1, 0.15) is 23.3 Å². The van der Waals surface area contributed by atoms with Crippen molar-refractivity contribution in [2.24, 2.45) is 0 Å². The fraction of sp³-hybridized carbons (Fsp3) is 0.292. The van der Waals surface area contributed by atoms with E-state index in [4.69, 9.17) is 14.2 Å². The molecule has 7 nitrogen and oxygen atoms in total. The van der Waals surface area contributed by atoms with E-state index in [0.29, 0.717) is 30.3 Å². The highest BCUT2D eigenvalue weighted by atomic mass is 16.5. The molecule has 1 aromatic heterocycles. The van der Waals surface area contributed by atoms with Gasteiger partial charge in [-0.15, -0.1) is 0 Å². The summed E-state index contributed by atoms with van der Waals surface area (Å²) in [7, 11) is 3.27. The molecule has 0 unspecified atom stereocenters. The number of carbonyl (C=O) groups is 1. The number of anilines is 1. The van der Waals surface area contributed by atoms with Crippen LogP contribution in [-0.2, 0) is 6.54 Å². The minimum atomic E-state index is -0.309. The van der Waals surface area contributed by atoms with Crippen LogP contribution in [-0.4, -0.2) is 42.9 Å². The summed E-state index contributed by atoms with van der Waals surface area (Å²) in [4.78, 5) is 15.2. The van der Waals surface area contributed by atoms with Crippen LogP contribution in [0.3, 0.4) is 0 Å². The molecular weight excluding hydrogens is 394 g/mol. The number of urea groups is 1. The largest absolute Gasteiger partial charge is 0.497 e. The number of rotatable bonds is 6. The zero-order valence-corrected chi connectivity index (χ0v) is 18.0. The molecular formula is C24H27N3O4. The first kappa shape index (κ1) is 20.7. The number of methoxy groups -OCH3 is 2. The molecule has 2 amide bonds. The van der Waals surface area contributed by atoms with Crippen molar-refractivity contribution in [3.63, 3.8) is 0 Å². The molecule has 0 aliphatic carbocycles. The molecule has 0 bridgehead atoms. The second-order valence-corrected chi connectivity index (χ2v) is 7.22. The molecule has 2 aromatic carbocycles. The maximum Gasteiger partial charge on any atom is 0.322 e. The number of ether oxygens (including phenoxy) is 3. The third-order valence-corrected chi connectivity index (χ3v) is 5.45. The SMILES string of the molecule is CCOc1ccc(NC(=O)N2CCn3cccc3[C@H]2c2cc(OC)ccc2OC)cc1. The zero-order valence-electron chi connectivity index (χ0n) is 18.0. The van der Waals surface area contributed by atoms with E-state index in [2.05, 4.69) is 9.88 Å². The van der Waals surface area contributed by atoms with Gasteiger partial charge in [0, 0.05) is 36.2 Å². The first-order chi connectivity index (χ1) is 15.1. The Balaban J connectivity index is 1.67. The van der Waals surface area contributed by atoms with Crippen LogP contribution in [0.1, 0.15) is 24.2 Å². The normalized spacial score (nSPS) is 15.2. The first-order valence-corrected chi connectivity index (χ1v) is 10.3. The van der Waals surface area contributed by atoms with Gasteiger partial charge in [0.25, 0.3) is 0 Å². The van der Waals surface area contributed by atoms with Gasteiger partial charge in [0.2, 0.25) is 0 Å². The van der Waals surface area contributed by atoms with E-state index < -0.39 is 0 Å². The first-order valence-electron chi connectivity index (χ1n) is 10.3. The molecule has 1 atom stereocenters. The van der Waals surface area contributed by atoms with Crippen molar-refractivity contribution < 1.29 is 19.0 Å². The lowest BCUT2D eigenvalue weighted by molar-refractivity contribution is 0.180. The van der Waals surface area contributed by atoms with Crippen LogP contribution in [0.25, 0.3) is 0 Å². The van der Waals surface area contributed by atoms with Crippen molar-refractivity contribution in [2.45, 2.75) is 19.5 Å². The van der Waals surface area contributed by atoms with E-state index in [-0.39, 0.29) is 12.1 Å². The lowest BCUT2D eigenvalue weighted by Gasteiger charge is -2.37. The van der Waals surface area contributed by atoms with Crippen molar-refractivity contribution in [1.82, 2.24) is 9.47 Å². The average Bonchev–Trinajstić information content (AvgIpc) is 3.28. The molecule has 2 heterocycles. The second-order valence-electron chi connectivity index (χ2n) is 7.22. The molecule has 0 spiro atoms. The molecule has 31 heavy (non-hydrogen) atoms. The minimum absolute atomic E-state index is 0.175. The van der Waals surface area contributed by atoms with E-state index in [1.54, 1.807) is 14.2 Å². The summed E-state index contributed by atoms with van der Waals surface area (Å²) in [6.45, 7) is 3.83. The van der Waals surface area contributed by atoms with Crippen LogP contribution in [0, 0.1) is 0 Å². The number of benzene rings is 2. The molecule has 1 aliphatic rings. The standard InChI is InChI=1S/C24H27N3O4/c1-4-31-18-9-7-17(8-10-18)25-24(28)27-15-14-26-13-5-6-21(26)23(27)20-16-19(29-2)11-12-22(20)30-3/h5-13,16,23H,4,14-15H2,1-3H3,(H,25,28)/t23-/m1/s1. The van der Waals surface area contributed by atoms with Crippen LogP contribution >= 0.6 is 0 Å².